The van der Waals surface area contributed by atoms with Crippen LogP contribution in [0.15, 0.2) is 17.6 Å². The number of esters is 1. The molecule has 0 saturated heterocycles. The number of rotatable bonds is 2. The maximum absolute atomic E-state index is 10.1. The summed E-state index contributed by atoms with van der Waals surface area (Å²) in [5.41, 5.74) is 4.57. The Balaban J connectivity index is 0. The van der Waals surface area contributed by atoms with E-state index in [0.29, 0.717) is 6.61 Å². The van der Waals surface area contributed by atoms with E-state index in [9.17, 15) is 9.59 Å². The number of carbonyl (C=O) groups is 2. The Hall–Kier alpha value is -1.65. The van der Waals surface area contributed by atoms with Gasteiger partial charge in [0.15, 0.2) is 0 Å². The van der Waals surface area contributed by atoms with Crippen molar-refractivity contribution in [2.75, 3.05) is 6.61 Å². The molecule has 0 aromatic rings. The summed E-state index contributed by atoms with van der Waals surface area (Å²) in [6.45, 7) is 7.01. The topological polar surface area (TPSA) is 81.8 Å². The van der Waals surface area contributed by atoms with Gasteiger partial charge in [-0.25, -0.2) is 14.6 Å². The number of nitrogens with two attached hydrogens (primary N) is 1. The molecule has 0 bridgehead atoms. The van der Waals surface area contributed by atoms with Crippen molar-refractivity contribution < 1.29 is 14.3 Å². The third kappa shape index (κ3) is 17.9. The van der Waals surface area contributed by atoms with Gasteiger partial charge in [-0.15, -0.1) is 0 Å². The number of primary amides is 1. The molecule has 5 heteroatoms. The summed E-state index contributed by atoms with van der Waals surface area (Å²) in [6.07, 6.45) is 2.49. The van der Waals surface area contributed by atoms with E-state index in [1.807, 2.05) is 0 Å². The zero-order valence-corrected chi connectivity index (χ0v) is 7.82. The Morgan fingerprint density at radius 3 is 2.23 bits per heavy atom. The van der Waals surface area contributed by atoms with Crippen LogP contribution in [0.1, 0.15) is 13.8 Å². The minimum absolute atomic E-state index is 0.359. The first-order chi connectivity index (χ1) is 6.08. The summed E-state index contributed by atoms with van der Waals surface area (Å²) in [7, 11) is 0. The lowest BCUT2D eigenvalue weighted by molar-refractivity contribution is -0.137. The monoisotopic (exact) mass is 186 g/mol. The Bertz CT molecular complexity index is 200. The minimum atomic E-state index is -0.641. The Labute approximate surface area is 77.3 Å². The van der Waals surface area contributed by atoms with Crippen molar-refractivity contribution in [2.45, 2.75) is 13.8 Å². The Kier molecular flexibility index (Phi) is 11.1. The Morgan fingerprint density at radius 1 is 1.62 bits per heavy atom. The fraction of sp³-hybridized carbons (Fsp3) is 0.375. The first-order valence-electron chi connectivity index (χ1n) is 3.65. The number of hydrogen-bond donors (Lipinski definition) is 1. The van der Waals surface area contributed by atoms with Crippen molar-refractivity contribution in [3.8, 4) is 0 Å². The normalized spacial score (nSPS) is 8.46. The van der Waals surface area contributed by atoms with Crippen molar-refractivity contribution >= 4 is 18.2 Å². The molecule has 0 aromatic heterocycles. The molecule has 13 heavy (non-hydrogen) atoms. The smallest absolute Gasteiger partial charge is 0.337 e. The van der Waals surface area contributed by atoms with Crippen molar-refractivity contribution in [2.24, 2.45) is 10.7 Å². The maximum atomic E-state index is 10.1. The van der Waals surface area contributed by atoms with Crippen LogP contribution in [-0.4, -0.2) is 24.8 Å². The molecule has 0 spiro atoms. The second-order valence-electron chi connectivity index (χ2n) is 1.68. The molecule has 0 aliphatic heterocycles. The van der Waals surface area contributed by atoms with Crippen molar-refractivity contribution in [3.05, 3.63) is 12.7 Å². The average molecular weight is 186 g/mol. The van der Waals surface area contributed by atoms with Crippen LogP contribution >= 0.6 is 0 Å². The lowest BCUT2D eigenvalue weighted by atomic mass is 10.6. The van der Waals surface area contributed by atoms with E-state index in [-0.39, 0.29) is 5.97 Å². The summed E-state index contributed by atoms with van der Waals surface area (Å²) in [5.74, 6) is -0.359. The zero-order chi connectivity index (χ0) is 10.7. The molecule has 74 valence electrons. The van der Waals surface area contributed by atoms with Crippen LogP contribution in [0.2, 0.25) is 0 Å². The highest BCUT2D eigenvalue weighted by atomic mass is 16.5. The molecule has 0 fully saturated rings. The van der Waals surface area contributed by atoms with Gasteiger partial charge in [0, 0.05) is 12.3 Å². The summed E-state index contributed by atoms with van der Waals surface area (Å²) in [6, 6.07) is -0.641. The highest BCUT2D eigenvalue weighted by molar-refractivity contribution is 5.81. The predicted molar refractivity (Wildman–Crippen MR) is 50.6 cm³/mol. The molecule has 0 aromatic carbocycles. The van der Waals surface area contributed by atoms with Crippen molar-refractivity contribution in [3.63, 3.8) is 0 Å². The largest absolute Gasteiger partial charge is 0.463 e. The van der Waals surface area contributed by atoms with E-state index < -0.39 is 6.03 Å². The van der Waals surface area contributed by atoms with Gasteiger partial charge < -0.3 is 10.5 Å². The number of nitrogens with zero attached hydrogens (tertiary/aromatic N) is 1. The molecule has 0 aliphatic rings. The summed E-state index contributed by atoms with van der Waals surface area (Å²) in [4.78, 5) is 22.8. The predicted octanol–water partition coefficient (Wildman–Crippen LogP) is 0.891. The molecule has 0 rings (SSSR count). The zero-order valence-electron chi connectivity index (χ0n) is 7.82. The molecule has 0 heterocycles. The SMILES string of the molecule is C=CC(=O)OCC.CC=NC(N)=O. The first kappa shape index (κ1) is 13.9. The van der Waals surface area contributed by atoms with Crippen LogP contribution in [0.4, 0.5) is 4.79 Å². The van der Waals surface area contributed by atoms with E-state index in [1.54, 1.807) is 13.8 Å². The number of ether oxygens (including phenoxy) is 1. The molecule has 0 aliphatic carbocycles. The minimum Gasteiger partial charge on any atom is -0.463 e. The van der Waals surface area contributed by atoms with Crippen LogP contribution in [0.5, 0.6) is 0 Å². The molecule has 2 N–H and O–H groups in total. The van der Waals surface area contributed by atoms with Crippen LogP contribution in [0.3, 0.4) is 0 Å². The molecule has 0 unspecified atom stereocenters. The molecular formula is C8H14N2O3. The standard InChI is InChI=1S/C5H8O2.C3H6N2O/c1-3-5(6)7-4-2;1-2-5-3(4)6/h3H,1,4H2,2H3;2H,1H3,(H2,4,6). The van der Waals surface area contributed by atoms with Gasteiger partial charge in [-0.2, -0.15) is 0 Å². The van der Waals surface area contributed by atoms with Gasteiger partial charge in [-0.05, 0) is 13.8 Å². The quantitative estimate of drug-likeness (QED) is 0.395. The lowest BCUT2D eigenvalue weighted by Gasteiger charge is -1.90. The van der Waals surface area contributed by atoms with Gasteiger partial charge >= 0.3 is 12.0 Å². The van der Waals surface area contributed by atoms with Crippen LogP contribution < -0.4 is 5.73 Å². The second-order valence-corrected chi connectivity index (χ2v) is 1.68. The molecule has 0 radical (unpaired) electrons. The molecule has 0 saturated carbocycles. The fourth-order valence-electron chi connectivity index (χ4n) is 0.328. The third-order valence-corrected chi connectivity index (χ3v) is 0.710. The van der Waals surface area contributed by atoms with Crippen molar-refractivity contribution in [1.82, 2.24) is 0 Å². The highest BCUT2D eigenvalue weighted by Crippen LogP contribution is 1.74. The second kappa shape index (κ2) is 10.3. The van der Waals surface area contributed by atoms with Gasteiger partial charge in [-0.3, -0.25) is 0 Å². The number of aliphatic imine (C=N–C) groups is 1. The third-order valence-electron chi connectivity index (χ3n) is 0.710. The summed E-state index contributed by atoms with van der Waals surface area (Å²) in [5, 5.41) is 0. The maximum Gasteiger partial charge on any atom is 0.337 e. The van der Waals surface area contributed by atoms with Crippen LogP contribution in [0, 0.1) is 0 Å². The highest BCUT2D eigenvalue weighted by Gasteiger charge is 1.86. The number of urea groups is 1. The van der Waals surface area contributed by atoms with Crippen molar-refractivity contribution in [1.29, 1.82) is 0 Å². The van der Waals surface area contributed by atoms with Gasteiger partial charge in [0.25, 0.3) is 0 Å². The van der Waals surface area contributed by atoms with E-state index in [2.05, 4.69) is 22.0 Å². The van der Waals surface area contributed by atoms with E-state index >= 15 is 0 Å². The fourth-order valence-corrected chi connectivity index (χ4v) is 0.328. The van der Waals surface area contributed by atoms with Gasteiger partial charge in [0.05, 0.1) is 6.61 Å². The van der Waals surface area contributed by atoms with E-state index in [0.717, 1.165) is 6.08 Å². The lowest BCUT2D eigenvalue weighted by Crippen LogP contribution is -2.02. The number of carbonyl (C=O) groups excluding carboxylic acids is 2. The molecule has 0 atom stereocenters. The molecule has 2 amide bonds. The van der Waals surface area contributed by atoms with Crippen LogP contribution in [-0.2, 0) is 9.53 Å². The number of amides is 2. The molecular weight excluding hydrogens is 172 g/mol. The molecule has 5 nitrogen and oxygen atoms in total. The Morgan fingerprint density at radius 2 is 2.15 bits per heavy atom. The van der Waals surface area contributed by atoms with Gasteiger partial charge in [0.1, 0.15) is 0 Å². The van der Waals surface area contributed by atoms with Gasteiger partial charge in [0.2, 0.25) is 0 Å². The van der Waals surface area contributed by atoms with Crippen LogP contribution in [0.25, 0.3) is 0 Å². The summed E-state index contributed by atoms with van der Waals surface area (Å²) < 4.78 is 4.43. The van der Waals surface area contributed by atoms with E-state index in [1.165, 1.54) is 6.21 Å². The average Bonchev–Trinajstić information content (AvgIpc) is 2.05. The first-order valence-corrected chi connectivity index (χ1v) is 3.65. The number of hydrogen-bond acceptors (Lipinski definition) is 3. The van der Waals surface area contributed by atoms with Gasteiger partial charge in [-0.1, -0.05) is 6.58 Å². The van der Waals surface area contributed by atoms with E-state index in [4.69, 9.17) is 0 Å². The summed E-state index contributed by atoms with van der Waals surface area (Å²) >= 11 is 0.